The molecule has 7 heteroatoms. The fourth-order valence-corrected chi connectivity index (χ4v) is 3.15. The fourth-order valence-electron chi connectivity index (χ4n) is 3.15. The second kappa shape index (κ2) is 7.27. The molecule has 1 aliphatic rings. The molecule has 2 aromatic rings. The molecule has 1 amide bonds. The highest BCUT2D eigenvalue weighted by Gasteiger charge is 2.28. The van der Waals surface area contributed by atoms with Crippen LogP contribution in [0.5, 0.6) is 0 Å². The lowest BCUT2D eigenvalue weighted by atomic mass is 10.1. The van der Waals surface area contributed by atoms with Crippen LogP contribution >= 0.6 is 0 Å². The van der Waals surface area contributed by atoms with Gasteiger partial charge in [0, 0.05) is 39.2 Å². The van der Waals surface area contributed by atoms with Crippen LogP contribution < -0.4 is 0 Å². The number of nitrogens with zero attached hydrogens (tertiary/aromatic N) is 4. The van der Waals surface area contributed by atoms with Crippen molar-refractivity contribution in [3.05, 3.63) is 24.2 Å². The minimum Gasteiger partial charge on any atom is -0.389 e. The molecule has 1 saturated heterocycles. The standard InChI is InChI=1S/C17H24N4O3/c1-12(11-24-2)21-15(19-14-5-4-8-18-17(14)21)6-3-7-16(23)20-9-13(22)10-20/h4-5,8,12-13,22H,3,6-7,9-11H2,1-2H3/t12-/m1/s1. The number of β-amino-alcohol motifs (C(OH)–C–C–N with tert-alkyl or cyclic N) is 1. The van der Waals surface area contributed by atoms with Gasteiger partial charge in [0.2, 0.25) is 5.91 Å². The van der Waals surface area contributed by atoms with E-state index in [-0.39, 0.29) is 18.1 Å². The average Bonchev–Trinajstić information content (AvgIpc) is 2.90. The Balaban J connectivity index is 1.69. The Bertz CT molecular complexity index is 709. The summed E-state index contributed by atoms with van der Waals surface area (Å²) < 4.78 is 7.38. The Labute approximate surface area is 141 Å². The van der Waals surface area contributed by atoms with E-state index in [2.05, 4.69) is 21.5 Å². The Kier molecular flexibility index (Phi) is 5.11. The quantitative estimate of drug-likeness (QED) is 0.823. The van der Waals surface area contributed by atoms with Crippen LogP contribution in [0.2, 0.25) is 0 Å². The number of aliphatic hydroxyl groups excluding tert-OH is 1. The van der Waals surface area contributed by atoms with Crippen molar-refractivity contribution in [3.63, 3.8) is 0 Å². The number of carbonyl (C=O) groups is 1. The molecule has 0 spiro atoms. The van der Waals surface area contributed by atoms with Gasteiger partial charge in [-0.05, 0) is 25.5 Å². The molecule has 1 atom stereocenters. The Morgan fingerprint density at radius 1 is 1.50 bits per heavy atom. The number of aliphatic hydroxyl groups is 1. The summed E-state index contributed by atoms with van der Waals surface area (Å²) in [6.07, 6.45) is 3.34. The maximum absolute atomic E-state index is 12.0. The zero-order chi connectivity index (χ0) is 17.1. The zero-order valence-electron chi connectivity index (χ0n) is 14.2. The van der Waals surface area contributed by atoms with Gasteiger partial charge in [0.25, 0.3) is 0 Å². The van der Waals surface area contributed by atoms with Crippen LogP contribution in [0.1, 0.15) is 31.6 Å². The summed E-state index contributed by atoms with van der Waals surface area (Å²) >= 11 is 0. The molecule has 7 nitrogen and oxygen atoms in total. The molecule has 0 saturated carbocycles. The lowest BCUT2D eigenvalue weighted by molar-refractivity contribution is -0.141. The number of rotatable bonds is 7. The van der Waals surface area contributed by atoms with Gasteiger partial charge >= 0.3 is 0 Å². The molecule has 0 aromatic carbocycles. The lowest BCUT2D eigenvalue weighted by Gasteiger charge is -2.35. The predicted molar refractivity (Wildman–Crippen MR) is 89.6 cm³/mol. The smallest absolute Gasteiger partial charge is 0.222 e. The molecule has 0 bridgehead atoms. The molecule has 1 aliphatic heterocycles. The van der Waals surface area contributed by atoms with Crippen molar-refractivity contribution in [2.75, 3.05) is 26.8 Å². The second-order valence-corrected chi connectivity index (χ2v) is 6.35. The van der Waals surface area contributed by atoms with E-state index < -0.39 is 0 Å². The number of aromatic nitrogens is 3. The molecule has 24 heavy (non-hydrogen) atoms. The average molecular weight is 332 g/mol. The number of methoxy groups -OCH3 is 1. The number of amides is 1. The number of fused-ring (bicyclic) bond motifs is 1. The van der Waals surface area contributed by atoms with E-state index in [1.165, 1.54) is 0 Å². The van der Waals surface area contributed by atoms with E-state index in [0.717, 1.165) is 23.4 Å². The molecule has 3 heterocycles. The summed E-state index contributed by atoms with van der Waals surface area (Å²) in [7, 11) is 1.68. The number of ether oxygens (including phenoxy) is 1. The number of carbonyl (C=O) groups excluding carboxylic acids is 1. The van der Waals surface area contributed by atoms with Gasteiger partial charge in [-0.3, -0.25) is 4.79 Å². The van der Waals surface area contributed by atoms with Crippen LogP contribution in [-0.2, 0) is 16.0 Å². The third-order valence-electron chi connectivity index (χ3n) is 4.38. The van der Waals surface area contributed by atoms with Gasteiger partial charge in [0.05, 0.1) is 18.8 Å². The molecule has 1 fully saturated rings. The molecule has 0 radical (unpaired) electrons. The van der Waals surface area contributed by atoms with E-state index in [0.29, 0.717) is 32.5 Å². The first-order valence-electron chi connectivity index (χ1n) is 8.36. The SMILES string of the molecule is COC[C@@H](C)n1c(CCCC(=O)N2CC(O)C2)nc2cccnc21. The van der Waals surface area contributed by atoms with Crippen LogP contribution in [0.3, 0.4) is 0 Å². The second-order valence-electron chi connectivity index (χ2n) is 6.35. The largest absolute Gasteiger partial charge is 0.389 e. The van der Waals surface area contributed by atoms with Gasteiger partial charge in [-0.2, -0.15) is 0 Å². The van der Waals surface area contributed by atoms with E-state index in [1.54, 1.807) is 18.2 Å². The maximum Gasteiger partial charge on any atom is 0.222 e. The number of imidazole rings is 1. The first-order chi connectivity index (χ1) is 11.6. The predicted octanol–water partition coefficient (Wildman–Crippen LogP) is 1.16. The van der Waals surface area contributed by atoms with E-state index in [1.807, 2.05) is 12.1 Å². The van der Waals surface area contributed by atoms with Crippen molar-refractivity contribution in [1.82, 2.24) is 19.4 Å². The number of aryl methyl sites for hydroxylation is 1. The van der Waals surface area contributed by atoms with Crippen molar-refractivity contribution in [2.24, 2.45) is 0 Å². The first kappa shape index (κ1) is 16.9. The van der Waals surface area contributed by atoms with Crippen molar-refractivity contribution in [1.29, 1.82) is 0 Å². The maximum atomic E-state index is 12.0. The van der Waals surface area contributed by atoms with Gasteiger partial charge in [0.1, 0.15) is 11.3 Å². The molecule has 1 N–H and O–H groups in total. The van der Waals surface area contributed by atoms with Gasteiger partial charge < -0.3 is 19.3 Å². The van der Waals surface area contributed by atoms with Crippen molar-refractivity contribution < 1.29 is 14.6 Å². The van der Waals surface area contributed by atoms with Crippen molar-refractivity contribution in [3.8, 4) is 0 Å². The molecule has 3 rings (SSSR count). The molecule has 2 aromatic heterocycles. The molecule has 0 aliphatic carbocycles. The highest BCUT2D eigenvalue weighted by molar-refractivity contribution is 5.77. The molecular weight excluding hydrogens is 308 g/mol. The Hall–Kier alpha value is -1.99. The first-order valence-corrected chi connectivity index (χ1v) is 8.36. The third-order valence-corrected chi connectivity index (χ3v) is 4.38. The molecule has 130 valence electrons. The summed E-state index contributed by atoms with van der Waals surface area (Å²) in [4.78, 5) is 22.8. The number of pyridine rings is 1. The fraction of sp³-hybridized carbons (Fsp3) is 0.588. The highest BCUT2D eigenvalue weighted by Crippen LogP contribution is 2.21. The summed E-state index contributed by atoms with van der Waals surface area (Å²) in [6.45, 7) is 3.59. The van der Waals surface area contributed by atoms with Crippen LogP contribution in [0, 0.1) is 0 Å². The molecule has 0 unspecified atom stereocenters. The normalized spacial score (nSPS) is 16.4. The van der Waals surface area contributed by atoms with Gasteiger partial charge in [-0.1, -0.05) is 0 Å². The number of likely N-dealkylation sites (tertiary alicyclic amines) is 1. The lowest BCUT2D eigenvalue weighted by Crippen LogP contribution is -2.53. The molecular formula is C17H24N4O3. The van der Waals surface area contributed by atoms with Gasteiger partial charge in [-0.15, -0.1) is 0 Å². The Morgan fingerprint density at radius 3 is 3.00 bits per heavy atom. The van der Waals surface area contributed by atoms with Gasteiger partial charge in [0.15, 0.2) is 5.65 Å². The van der Waals surface area contributed by atoms with Crippen molar-refractivity contribution >= 4 is 17.1 Å². The zero-order valence-corrected chi connectivity index (χ0v) is 14.2. The number of hydrogen-bond donors (Lipinski definition) is 1. The van der Waals surface area contributed by atoms with Crippen LogP contribution in [-0.4, -0.2) is 63.4 Å². The van der Waals surface area contributed by atoms with Crippen LogP contribution in [0.4, 0.5) is 0 Å². The van der Waals surface area contributed by atoms with Gasteiger partial charge in [-0.25, -0.2) is 9.97 Å². The van der Waals surface area contributed by atoms with E-state index >= 15 is 0 Å². The summed E-state index contributed by atoms with van der Waals surface area (Å²) in [5, 5.41) is 9.27. The van der Waals surface area contributed by atoms with E-state index in [9.17, 15) is 9.90 Å². The minimum atomic E-state index is -0.348. The topological polar surface area (TPSA) is 80.5 Å². The van der Waals surface area contributed by atoms with Crippen LogP contribution in [0.25, 0.3) is 11.2 Å². The third kappa shape index (κ3) is 3.42. The number of hydrogen-bond acceptors (Lipinski definition) is 5. The van der Waals surface area contributed by atoms with E-state index in [4.69, 9.17) is 4.74 Å². The summed E-state index contributed by atoms with van der Waals surface area (Å²) in [5.74, 6) is 1.04. The van der Waals surface area contributed by atoms with Crippen molar-refractivity contribution in [2.45, 2.75) is 38.3 Å². The Morgan fingerprint density at radius 2 is 2.29 bits per heavy atom. The minimum absolute atomic E-state index is 0.103. The highest BCUT2D eigenvalue weighted by atomic mass is 16.5. The van der Waals surface area contributed by atoms with Crippen LogP contribution in [0.15, 0.2) is 18.3 Å². The summed E-state index contributed by atoms with van der Waals surface area (Å²) in [6, 6.07) is 3.96. The summed E-state index contributed by atoms with van der Waals surface area (Å²) in [5.41, 5.74) is 1.72. The monoisotopic (exact) mass is 332 g/mol.